The van der Waals surface area contributed by atoms with Gasteiger partial charge < -0.3 is 24.6 Å². The Morgan fingerprint density at radius 3 is 1.69 bits per heavy atom. The summed E-state index contributed by atoms with van der Waals surface area (Å²) in [5.41, 5.74) is 3.04. The van der Waals surface area contributed by atoms with Crippen molar-refractivity contribution in [3.8, 4) is 28.7 Å². The number of aromatic amines is 1. The Balaban J connectivity index is 0.000000165. The van der Waals surface area contributed by atoms with Crippen LogP contribution in [0.15, 0.2) is 85.7 Å². The van der Waals surface area contributed by atoms with Crippen molar-refractivity contribution in [3.05, 3.63) is 103 Å². The molecule has 2 atom stereocenters. The average molecular weight is 825 g/mol. The van der Waals surface area contributed by atoms with Crippen molar-refractivity contribution in [2.24, 2.45) is 0 Å². The van der Waals surface area contributed by atoms with Gasteiger partial charge in [0, 0.05) is 62.1 Å². The summed E-state index contributed by atoms with van der Waals surface area (Å²) in [6, 6.07) is 12.2. The van der Waals surface area contributed by atoms with Crippen LogP contribution in [0.5, 0.6) is 0 Å². The number of fused-ring (bicyclic) bond motifs is 2. The van der Waals surface area contributed by atoms with Gasteiger partial charge in [-0.2, -0.15) is 9.97 Å². The molecule has 2 aliphatic rings. The molecule has 2 aromatic carbocycles. The second-order valence-electron chi connectivity index (χ2n) is 14.4. The smallest absolute Gasteiger partial charge is 0.249 e. The maximum Gasteiger partial charge on any atom is 0.249 e. The number of nitrogens with one attached hydrogen (secondary N) is 1. The van der Waals surface area contributed by atoms with Gasteiger partial charge in [-0.05, 0) is 101 Å². The number of hydrogen-bond donors (Lipinski definition) is 1. The Kier molecular flexibility index (Phi) is 13.0. The van der Waals surface area contributed by atoms with Crippen LogP contribution in [0.2, 0.25) is 5.28 Å². The third-order valence-electron chi connectivity index (χ3n) is 10.0. The van der Waals surface area contributed by atoms with Crippen molar-refractivity contribution in [1.29, 1.82) is 0 Å². The number of halogens is 3. The molecule has 59 heavy (non-hydrogen) atoms. The Labute approximate surface area is 346 Å². The first kappa shape index (κ1) is 42.3. The normalized spacial score (nSPS) is 16.1. The van der Waals surface area contributed by atoms with Crippen molar-refractivity contribution in [3.63, 3.8) is 0 Å². The molecule has 0 aliphatic carbocycles. The lowest BCUT2D eigenvalue weighted by Gasteiger charge is -2.42. The summed E-state index contributed by atoms with van der Waals surface area (Å²) in [6.45, 7) is 12.2. The maximum atomic E-state index is 13.3. The van der Waals surface area contributed by atoms with Gasteiger partial charge in [0.15, 0.2) is 11.6 Å². The quantitative estimate of drug-likeness (QED) is 0.159. The summed E-state index contributed by atoms with van der Waals surface area (Å²) in [7, 11) is 3.50. The lowest BCUT2D eigenvalue weighted by molar-refractivity contribution is -0.120. The predicted molar refractivity (Wildman–Crippen MR) is 226 cm³/mol. The number of aromatic nitrogens is 8. The van der Waals surface area contributed by atoms with Gasteiger partial charge in [-0.25, -0.2) is 28.7 Å². The molecule has 0 saturated heterocycles. The Bertz CT molecular complexity index is 2370. The number of nitrogens with zero attached hydrogens (tertiary/aromatic N) is 11. The molecule has 0 unspecified atom stereocenters. The molecule has 2 aliphatic heterocycles. The highest BCUT2D eigenvalue weighted by atomic mass is 35.5. The Morgan fingerprint density at radius 1 is 0.695 bits per heavy atom. The van der Waals surface area contributed by atoms with E-state index in [1.165, 1.54) is 24.3 Å². The van der Waals surface area contributed by atoms with E-state index < -0.39 is 0 Å². The molecule has 0 saturated carbocycles. The van der Waals surface area contributed by atoms with Crippen molar-refractivity contribution in [2.75, 3.05) is 33.7 Å². The molecule has 0 fully saturated rings. The second kappa shape index (κ2) is 18.1. The van der Waals surface area contributed by atoms with Gasteiger partial charge in [0.1, 0.15) is 46.7 Å². The summed E-state index contributed by atoms with van der Waals surface area (Å²) in [4.78, 5) is 61.3. The Morgan fingerprint density at radius 2 is 1.20 bits per heavy atom. The van der Waals surface area contributed by atoms with Crippen LogP contribution in [0, 0.1) is 11.6 Å². The first-order valence-electron chi connectivity index (χ1n) is 19.3. The van der Waals surface area contributed by atoms with Crippen LogP contribution in [0.25, 0.3) is 28.7 Å². The van der Waals surface area contributed by atoms with Crippen LogP contribution in [0.3, 0.4) is 0 Å². The summed E-state index contributed by atoms with van der Waals surface area (Å²) < 4.78 is 27.6. The van der Waals surface area contributed by atoms with Crippen molar-refractivity contribution < 1.29 is 18.4 Å². The van der Waals surface area contributed by atoms with Crippen molar-refractivity contribution in [2.45, 2.75) is 78.6 Å². The summed E-state index contributed by atoms with van der Waals surface area (Å²) in [6.07, 6.45) is 11.5. The van der Waals surface area contributed by atoms with E-state index in [9.17, 15) is 18.4 Å². The fourth-order valence-corrected chi connectivity index (χ4v) is 7.28. The van der Waals surface area contributed by atoms with Gasteiger partial charge in [0.05, 0.1) is 12.4 Å². The number of benzene rings is 2. The van der Waals surface area contributed by atoms with E-state index in [0.29, 0.717) is 29.6 Å². The van der Waals surface area contributed by atoms with Crippen LogP contribution in [0.4, 0.5) is 31.8 Å². The predicted octanol–water partition coefficient (Wildman–Crippen LogP) is 7.75. The van der Waals surface area contributed by atoms with Crippen LogP contribution >= 0.6 is 11.6 Å². The molecular weight excluding hydrogens is 778 g/mol. The van der Waals surface area contributed by atoms with Crippen LogP contribution in [-0.2, 0) is 9.59 Å². The van der Waals surface area contributed by atoms with Gasteiger partial charge in [0.25, 0.3) is 0 Å². The van der Waals surface area contributed by atoms with Crippen LogP contribution in [-0.4, -0.2) is 89.5 Å². The molecule has 1 N–H and O–H groups in total. The minimum Gasteiger partial charge on any atom is -0.345 e. The molecule has 0 bridgehead atoms. The third kappa shape index (κ3) is 8.77. The van der Waals surface area contributed by atoms with Gasteiger partial charge in [-0.3, -0.25) is 14.2 Å². The van der Waals surface area contributed by atoms with E-state index in [1.807, 2.05) is 46.4 Å². The van der Waals surface area contributed by atoms with Gasteiger partial charge >= 0.3 is 0 Å². The molecule has 8 rings (SSSR count). The molecule has 14 nitrogen and oxygen atoms in total. The zero-order chi connectivity index (χ0) is 42.5. The largest absolute Gasteiger partial charge is 0.345 e. The van der Waals surface area contributed by atoms with Crippen LogP contribution in [0.1, 0.15) is 54.4 Å². The fraction of sp³-hybridized carbons (Fsp3) is 0.333. The fourth-order valence-electron chi connectivity index (χ4n) is 7.15. The molecule has 6 aromatic rings. The zero-order valence-corrected chi connectivity index (χ0v) is 34.9. The van der Waals surface area contributed by atoms with Gasteiger partial charge in [-0.15, -0.1) is 0 Å². The number of anilines is 4. The number of hydrogen-bond acceptors (Lipinski definition) is 10. The summed E-state index contributed by atoms with van der Waals surface area (Å²) in [5, 5.41) is 0.206. The molecule has 4 aromatic heterocycles. The number of amides is 2. The minimum absolute atomic E-state index is 0.0414. The highest BCUT2D eigenvalue weighted by Crippen LogP contribution is 2.37. The highest BCUT2D eigenvalue weighted by Gasteiger charge is 2.39. The molecule has 0 spiro atoms. The molecule has 0 radical (unpaired) electrons. The van der Waals surface area contributed by atoms with Crippen molar-refractivity contribution >= 4 is 46.4 Å². The molecular formula is C42H47ClF2N12O2. The first-order valence-corrected chi connectivity index (χ1v) is 19.7. The highest BCUT2D eigenvalue weighted by molar-refractivity contribution is 6.28. The van der Waals surface area contributed by atoms with E-state index in [-0.39, 0.29) is 52.9 Å². The lowest BCUT2D eigenvalue weighted by Crippen LogP contribution is -2.55. The number of imidazole rings is 2. The van der Waals surface area contributed by atoms with Crippen LogP contribution < -0.4 is 19.6 Å². The topological polar surface area (TPSA) is 145 Å². The Hall–Kier alpha value is -6.29. The zero-order valence-electron chi connectivity index (χ0n) is 34.2. The SMILES string of the molecule is CC[C@@H]1C(=O)N(C)c2cnc(-n3ccnc3-c3ccc(F)cc3)nc2N1C(C)C.CC[C@@H]1C(=O)N(C)c2cnc(Cl)nc2N1C(C)C.Fc1ccc(-c2ncc[nH]2)cc1. The standard InChI is InChI=1S/C21H23FN6O.C12H17ClN4O.C9H7FN2/c1-5-16-20(29)26(4)17-12-24-21(25-19(17)28(16)13(2)3)27-11-10-23-18(27)14-6-8-15(22)9-7-14;1-5-8-11(18)16(4)9-6-14-12(13)15-10(9)17(8)7(2)3;10-8-3-1-7(2-4-8)9-11-5-6-12-9/h6-13,16H,5H2,1-4H3;6-8H,5H2,1-4H3;1-6H,(H,11,12)/t16-;8-;/m11./s1. The van der Waals surface area contributed by atoms with E-state index in [0.717, 1.165) is 35.0 Å². The third-order valence-corrected chi connectivity index (χ3v) is 10.2. The molecule has 2 amide bonds. The minimum atomic E-state index is -0.303. The number of rotatable bonds is 7. The monoisotopic (exact) mass is 824 g/mol. The number of H-pyrrole nitrogens is 1. The van der Waals surface area contributed by atoms with E-state index >= 15 is 0 Å². The number of carbonyl (C=O) groups excluding carboxylic acids is 2. The van der Waals surface area contributed by atoms with Gasteiger partial charge in [-0.1, -0.05) is 13.8 Å². The van der Waals surface area contributed by atoms with Crippen molar-refractivity contribution in [1.82, 2.24) is 39.5 Å². The van der Waals surface area contributed by atoms with E-state index in [1.54, 1.807) is 89.9 Å². The average Bonchev–Trinajstić information content (AvgIpc) is 3.95. The maximum absolute atomic E-state index is 13.3. The number of carbonyl (C=O) groups is 2. The first-order chi connectivity index (χ1) is 28.2. The molecule has 308 valence electrons. The van der Waals surface area contributed by atoms with E-state index in [2.05, 4.69) is 34.8 Å². The van der Waals surface area contributed by atoms with E-state index in [4.69, 9.17) is 16.6 Å². The summed E-state index contributed by atoms with van der Waals surface area (Å²) >= 11 is 5.87. The number of likely N-dealkylation sites (N-methyl/N-ethyl adjacent to an activating group) is 2. The molecule has 6 heterocycles. The second-order valence-corrected chi connectivity index (χ2v) is 14.8. The lowest BCUT2D eigenvalue weighted by atomic mass is 10.1. The summed E-state index contributed by atoms with van der Waals surface area (Å²) in [5.74, 6) is 2.86. The van der Waals surface area contributed by atoms with Gasteiger partial charge in [0.2, 0.25) is 23.0 Å². The molecule has 17 heteroatoms.